The number of rotatable bonds is 12. The molecule has 0 saturated carbocycles. The second kappa shape index (κ2) is 14.0. The van der Waals surface area contributed by atoms with Gasteiger partial charge in [-0.3, -0.25) is 9.59 Å². The number of nitrogens with one attached hydrogen (secondary N) is 1. The highest BCUT2D eigenvalue weighted by molar-refractivity contribution is 6.71. The van der Waals surface area contributed by atoms with Gasteiger partial charge in [0.25, 0.3) is 5.91 Å². The maximum Gasteiger partial charge on any atom is 0.255 e. The van der Waals surface area contributed by atoms with Crippen LogP contribution in [0.2, 0.25) is 18.6 Å². The molecule has 41 heavy (non-hydrogen) atoms. The van der Waals surface area contributed by atoms with Crippen LogP contribution < -0.4 is 5.32 Å². The Kier molecular flexibility index (Phi) is 10.5. The van der Waals surface area contributed by atoms with Crippen molar-refractivity contribution in [2.24, 2.45) is 5.92 Å². The fraction of sp³-hybridized carbons (Fsp3) is 0.394. The number of carbonyl (C=O) groups is 2. The molecule has 0 aromatic heterocycles. The van der Waals surface area contributed by atoms with Gasteiger partial charge < -0.3 is 24.9 Å². The molecule has 0 spiro atoms. The fourth-order valence-corrected chi connectivity index (χ4v) is 8.64. The number of benzene rings is 3. The first-order valence-corrected chi connectivity index (χ1v) is 17.4. The van der Waals surface area contributed by atoms with Crippen LogP contribution in [0, 0.1) is 5.92 Å². The minimum Gasteiger partial charge on any atom is -0.432 e. The fourth-order valence-electron chi connectivity index (χ4n) is 6.03. The van der Waals surface area contributed by atoms with Crippen LogP contribution in [-0.2, 0) is 22.5 Å². The molecule has 4 atom stereocenters. The Labute approximate surface area is 244 Å². The number of hydrogen-bond donors (Lipinski definition) is 3. The summed E-state index contributed by atoms with van der Waals surface area (Å²) in [5.74, 6) is -0.129. The molecule has 218 valence electrons. The second-order valence-electron chi connectivity index (χ2n) is 11.5. The highest BCUT2D eigenvalue weighted by Gasteiger charge is 2.50. The van der Waals surface area contributed by atoms with Gasteiger partial charge in [0.15, 0.2) is 8.32 Å². The quantitative estimate of drug-likeness (QED) is 0.257. The molecule has 7 nitrogen and oxygen atoms in total. The molecule has 3 N–H and O–H groups in total. The molecular formula is C33H42N2O5Si. The van der Waals surface area contributed by atoms with Crippen molar-refractivity contribution in [2.45, 2.75) is 63.6 Å². The molecule has 1 aliphatic heterocycles. The zero-order chi connectivity index (χ0) is 29.4. The minimum atomic E-state index is -2.65. The van der Waals surface area contributed by atoms with Crippen molar-refractivity contribution in [1.82, 2.24) is 4.90 Å². The SMILES string of the molecule is C[C@H]1[C@H]([Si](C)(C)O)[C@@H](CC(=O)N(CCO)Cc2ccccc2)O[C@H]1CCc1cccc(NC(=O)c2ccccc2)c1. The molecule has 8 heteroatoms. The Balaban J connectivity index is 1.40. The summed E-state index contributed by atoms with van der Waals surface area (Å²) in [6.45, 7) is 6.53. The van der Waals surface area contributed by atoms with Gasteiger partial charge in [-0.05, 0) is 67.2 Å². The van der Waals surface area contributed by atoms with E-state index in [1.165, 1.54) is 0 Å². The van der Waals surface area contributed by atoms with E-state index < -0.39 is 8.32 Å². The van der Waals surface area contributed by atoms with Crippen molar-refractivity contribution in [1.29, 1.82) is 0 Å². The summed E-state index contributed by atoms with van der Waals surface area (Å²) in [4.78, 5) is 38.9. The number of carbonyl (C=O) groups excluding carboxylic acids is 2. The van der Waals surface area contributed by atoms with Crippen molar-refractivity contribution >= 4 is 25.8 Å². The van der Waals surface area contributed by atoms with Gasteiger partial charge in [-0.15, -0.1) is 0 Å². The number of hydrogen-bond acceptors (Lipinski definition) is 5. The normalized spacial score (nSPS) is 20.5. The van der Waals surface area contributed by atoms with Gasteiger partial charge in [-0.25, -0.2) is 0 Å². The van der Waals surface area contributed by atoms with Crippen LogP contribution in [0.3, 0.4) is 0 Å². The van der Waals surface area contributed by atoms with Crippen LogP contribution in [0.1, 0.15) is 41.3 Å². The third-order valence-electron chi connectivity index (χ3n) is 7.97. The van der Waals surface area contributed by atoms with E-state index in [9.17, 15) is 19.5 Å². The zero-order valence-electron chi connectivity index (χ0n) is 24.2. The van der Waals surface area contributed by atoms with Crippen LogP contribution >= 0.6 is 0 Å². The van der Waals surface area contributed by atoms with E-state index in [1.54, 1.807) is 17.0 Å². The Morgan fingerprint density at radius 3 is 2.24 bits per heavy atom. The molecule has 1 heterocycles. The summed E-state index contributed by atoms with van der Waals surface area (Å²) in [7, 11) is -2.65. The van der Waals surface area contributed by atoms with Gasteiger partial charge in [-0.1, -0.05) is 67.6 Å². The predicted octanol–water partition coefficient (Wildman–Crippen LogP) is 5.25. The number of aryl methyl sites for hydroxylation is 1. The van der Waals surface area contributed by atoms with E-state index in [1.807, 2.05) is 85.9 Å². The number of nitrogens with zero attached hydrogens (tertiary/aromatic N) is 1. The number of anilines is 1. The molecular weight excluding hydrogens is 532 g/mol. The van der Waals surface area contributed by atoms with E-state index in [4.69, 9.17) is 4.74 Å². The number of ether oxygens (including phenoxy) is 1. The van der Waals surface area contributed by atoms with Crippen molar-refractivity contribution < 1.29 is 24.2 Å². The van der Waals surface area contributed by atoms with E-state index in [0.717, 1.165) is 29.7 Å². The van der Waals surface area contributed by atoms with Gasteiger partial charge >= 0.3 is 0 Å². The lowest BCUT2D eigenvalue weighted by atomic mass is 9.95. The summed E-state index contributed by atoms with van der Waals surface area (Å²) in [6, 6.07) is 26.7. The van der Waals surface area contributed by atoms with E-state index in [0.29, 0.717) is 12.1 Å². The zero-order valence-corrected chi connectivity index (χ0v) is 25.2. The summed E-state index contributed by atoms with van der Waals surface area (Å²) in [6.07, 6.45) is 1.20. The molecule has 2 amide bonds. The number of aliphatic hydroxyl groups is 1. The minimum absolute atomic E-state index is 0.0779. The van der Waals surface area contributed by atoms with E-state index >= 15 is 0 Å². The van der Waals surface area contributed by atoms with Crippen LogP contribution in [-0.4, -0.2) is 60.3 Å². The van der Waals surface area contributed by atoms with E-state index in [2.05, 4.69) is 12.2 Å². The van der Waals surface area contributed by atoms with Crippen LogP contribution in [0.15, 0.2) is 84.9 Å². The van der Waals surface area contributed by atoms with Crippen molar-refractivity contribution in [3.8, 4) is 0 Å². The molecule has 0 radical (unpaired) electrons. The summed E-state index contributed by atoms with van der Waals surface area (Å²) < 4.78 is 6.53. The first-order valence-electron chi connectivity index (χ1n) is 14.4. The monoisotopic (exact) mass is 574 g/mol. The van der Waals surface area contributed by atoms with Gasteiger partial charge in [0.2, 0.25) is 5.91 Å². The lowest BCUT2D eigenvalue weighted by molar-refractivity contribution is -0.135. The lowest BCUT2D eigenvalue weighted by Gasteiger charge is -2.31. The lowest BCUT2D eigenvalue weighted by Crippen LogP contribution is -2.42. The third-order valence-corrected chi connectivity index (χ3v) is 10.5. The maximum atomic E-state index is 13.4. The first kappa shape index (κ1) is 30.7. The topological polar surface area (TPSA) is 99.1 Å². The predicted molar refractivity (Wildman–Crippen MR) is 164 cm³/mol. The second-order valence-corrected chi connectivity index (χ2v) is 15.5. The van der Waals surface area contributed by atoms with Crippen LogP contribution in [0.4, 0.5) is 5.69 Å². The summed E-state index contributed by atoms with van der Waals surface area (Å²) in [5, 5.41) is 12.6. The highest BCUT2D eigenvalue weighted by atomic mass is 28.4. The molecule has 0 aliphatic carbocycles. The van der Waals surface area contributed by atoms with Crippen molar-refractivity contribution in [2.75, 3.05) is 18.5 Å². The van der Waals surface area contributed by atoms with Crippen molar-refractivity contribution in [3.05, 3.63) is 102 Å². The summed E-state index contributed by atoms with van der Waals surface area (Å²) in [5.41, 5.74) is 3.35. The van der Waals surface area contributed by atoms with Gasteiger partial charge in [0.05, 0.1) is 25.2 Å². The molecule has 3 aromatic carbocycles. The maximum absolute atomic E-state index is 13.4. The summed E-state index contributed by atoms with van der Waals surface area (Å²) >= 11 is 0. The highest BCUT2D eigenvalue weighted by Crippen LogP contribution is 2.45. The molecule has 1 aliphatic rings. The Morgan fingerprint density at radius 1 is 0.927 bits per heavy atom. The number of amides is 2. The standard InChI is InChI=1S/C33H42N2O5Si/c1-24-29(18-17-25-13-10-16-28(21-25)34-33(38)27-14-8-5-9-15-27)40-30(32(24)41(2,3)39)22-31(37)35(19-20-36)23-26-11-6-4-7-12-26/h4-16,21,24,29-30,32,36,39H,17-20,22-23H2,1-3H3,(H,34,38)/t24-,29+,30-,32+/m1/s1. The van der Waals surface area contributed by atoms with Crippen molar-refractivity contribution in [3.63, 3.8) is 0 Å². The molecule has 4 rings (SSSR count). The average molecular weight is 575 g/mol. The van der Waals surface area contributed by atoms with Crippen LogP contribution in [0.5, 0.6) is 0 Å². The largest absolute Gasteiger partial charge is 0.432 e. The molecule has 0 unspecified atom stereocenters. The molecule has 3 aromatic rings. The van der Waals surface area contributed by atoms with Gasteiger partial charge in [0.1, 0.15) is 0 Å². The molecule has 1 fully saturated rings. The number of aliphatic hydroxyl groups excluding tert-OH is 1. The van der Waals surface area contributed by atoms with E-state index in [-0.39, 0.29) is 55.1 Å². The van der Waals surface area contributed by atoms with Gasteiger partial charge in [0, 0.05) is 29.9 Å². The Hall–Kier alpha value is -3.30. The Morgan fingerprint density at radius 2 is 1.59 bits per heavy atom. The van der Waals surface area contributed by atoms with Gasteiger partial charge in [-0.2, -0.15) is 0 Å². The smallest absolute Gasteiger partial charge is 0.255 e. The van der Waals surface area contributed by atoms with Crippen LogP contribution in [0.25, 0.3) is 0 Å². The molecule has 0 bridgehead atoms. The average Bonchev–Trinajstić information content (AvgIpc) is 3.27. The first-order chi connectivity index (χ1) is 19.7. The third kappa shape index (κ3) is 8.36. The molecule has 1 saturated heterocycles. The Bertz CT molecular complexity index is 1280.